The maximum absolute atomic E-state index is 11.9. The average Bonchev–Trinajstić information content (AvgIpc) is 2.62. The van der Waals surface area contributed by atoms with Gasteiger partial charge in [0.2, 0.25) is 0 Å². The molecule has 25 heavy (non-hydrogen) atoms. The molecule has 0 bridgehead atoms. The van der Waals surface area contributed by atoms with Gasteiger partial charge in [0.25, 0.3) is 0 Å². The van der Waals surface area contributed by atoms with Gasteiger partial charge in [-0.1, -0.05) is 45.2 Å². The molecule has 0 spiro atoms. The summed E-state index contributed by atoms with van der Waals surface area (Å²) in [6, 6.07) is 6.50. The first-order chi connectivity index (χ1) is 12.1. The van der Waals surface area contributed by atoms with Crippen molar-refractivity contribution < 1.29 is 33.9 Å². The molecule has 140 valence electrons. The van der Waals surface area contributed by atoms with E-state index in [2.05, 4.69) is 21.7 Å². The molecule has 0 saturated heterocycles. The van der Waals surface area contributed by atoms with Crippen LogP contribution in [0.25, 0.3) is 0 Å². The zero-order valence-corrected chi connectivity index (χ0v) is 15.0. The SMILES string of the molecule is CCCCC(CC)COC(=O)OOOC(=O)c1ccccc1OCC. The van der Waals surface area contributed by atoms with Gasteiger partial charge in [-0.25, -0.2) is 14.5 Å². The van der Waals surface area contributed by atoms with Gasteiger partial charge in [0.05, 0.1) is 18.3 Å². The van der Waals surface area contributed by atoms with Crippen LogP contribution in [-0.2, 0) is 19.6 Å². The zero-order chi connectivity index (χ0) is 18.5. The first-order valence-electron chi connectivity index (χ1n) is 8.56. The second kappa shape index (κ2) is 12.1. The highest BCUT2D eigenvalue weighted by Crippen LogP contribution is 2.19. The Morgan fingerprint density at radius 2 is 1.84 bits per heavy atom. The molecule has 0 aromatic heterocycles. The molecule has 0 aliphatic heterocycles. The number of benzene rings is 1. The third-order valence-corrected chi connectivity index (χ3v) is 3.60. The highest BCUT2D eigenvalue weighted by molar-refractivity contribution is 5.92. The van der Waals surface area contributed by atoms with Crippen molar-refractivity contribution in [3.8, 4) is 5.75 Å². The van der Waals surface area contributed by atoms with Crippen LogP contribution in [0.1, 0.15) is 56.8 Å². The van der Waals surface area contributed by atoms with Crippen LogP contribution >= 0.6 is 0 Å². The van der Waals surface area contributed by atoms with Crippen LogP contribution < -0.4 is 4.74 Å². The molecular formula is C18H26O7. The first-order valence-corrected chi connectivity index (χ1v) is 8.56. The molecule has 0 amide bonds. The fourth-order valence-electron chi connectivity index (χ4n) is 2.15. The van der Waals surface area contributed by atoms with Crippen LogP contribution in [-0.4, -0.2) is 25.3 Å². The minimum Gasteiger partial charge on any atom is -0.493 e. The third-order valence-electron chi connectivity index (χ3n) is 3.60. The van der Waals surface area contributed by atoms with E-state index in [1.165, 1.54) is 6.07 Å². The largest absolute Gasteiger partial charge is 0.543 e. The van der Waals surface area contributed by atoms with E-state index in [-0.39, 0.29) is 18.1 Å². The van der Waals surface area contributed by atoms with E-state index in [9.17, 15) is 9.59 Å². The van der Waals surface area contributed by atoms with Crippen LogP contribution in [0.3, 0.4) is 0 Å². The molecule has 1 unspecified atom stereocenters. The standard InChI is InChI=1S/C18H26O7/c1-4-7-10-14(5-2)13-22-18(20)24-25-23-17(19)15-11-8-9-12-16(15)21-6-3/h8-9,11-12,14H,4-7,10,13H2,1-3H3. The van der Waals surface area contributed by atoms with Gasteiger partial charge >= 0.3 is 12.1 Å². The Balaban J connectivity index is 2.34. The van der Waals surface area contributed by atoms with Gasteiger partial charge in [0, 0.05) is 0 Å². The highest BCUT2D eigenvalue weighted by Gasteiger charge is 2.17. The predicted molar refractivity (Wildman–Crippen MR) is 89.9 cm³/mol. The van der Waals surface area contributed by atoms with E-state index in [1.807, 2.05) is 6.92 Å². The fourth-order valence-corrected chi connectivity index (χ4v) is 2.15. The summed E-state index contributed by atoms with van der Waals surface area (Å²) in [5.41, 5.74) is 0.159. The average molecular weight is 354 g/mol. The number of ether oxygens (including phenoxy) is 2. The Morgan fingerprint density at radius 3 is 2.52 bits per heavy atom. The lowest BCUT2D eigenvalue weighted by Crippen LogP contribution is -2.16. The Labute approximate surface area is 148 Å². The topological polar surface area (TPSA) is 80.3 Å². The summed E-state index contributed by atoms with van der Waals surface area (Å²) < 4.78 is 10.2. The smallest absolute Gasteiger partial charge is 0.493 e. The molecule has 7 nitrogen and oxygen atoms in total. The van der Waals surface area contributed by atoms with Crippen molar-refractivity contribution in [1.29, 1.82) is 0 Å². The van der Waals surface area contributed by atoms with Gasteiger partial charge in [0.15, 0.2) is 0 Å². The lowest BCUT2D eigenvalue weighted by Gasteiger charge is -2.13. The maximum atomic E-state index is 11.9. The number of unbranched alkanes of at least 4 members (excludes halogenated alkanes) is 1. The number of para-hydroxylation sites is 1. The molecule has 0 N–H and O–H groups in total. The lowest BCUT2D eigenvalue weighted by atomic mass is 10.0. The molecule has 0 fully saturated rings. The van der Waals surface area contributed by atoms with Gasteiger partial charge in [-0.15, -0.1) is 0 Å². The molecule has 0 saturated carbocycles. The summed E-state index contributed by atoms with van der Waals surface area (Å²) in [4.78, 5) is 32.1. The molecule has 1 aromatic carbocycles. The summed E-state index contributed by atoms with van der Waals surface area (Å²) >= 11 is 0. The van der Waals surface area contributed by atoms with Crippen LogP contribution in [0.2, 0.25) is 0 Å². The molecule has 7 heteroatoms. The van der Waals surface area contributed by atoms with Crippen molar-refractivity contribution in [2.75, 3.05) is 13.2 Å². The van der Waals surface area contributed by atoms with E-state index >= 15 is 0 Å². The molecule has 1 atom stereocenters. The zero-order valence-electron chi connectivity index (χ0n) is 15.0. The van der Waals surface area contributed by atoms with E-state index < -0.39 is 12.1 Å². The molecule has 1 aromatic rings. The van der Waals surface area contributed by atoms with E-state index in [4.69, 9.17) is 9.47 Å². The first kappa shape index (κ1) is 20.8. The second-order valence-electron chi connectivity index (χ2n) is 5.43. The Bertz CT molecular complexity index is 530. The summed E-state index contributed by atoms with van der Waals surface area (Å²) in [7, 11) is 0. The summed E-state index contributed by atoms with van der Waals surface area (Å²) in [5.74, 6) is -0.220. The van der Waals surface area contributed by atoms with E-state index in [0.717, 1.165) is 25.7 Å². The highest BCUT2D eigenvalue weighted by atomic mass is 17.5. The van der Waals surface area contributed by atoms with Gasteiger partial charge < -0.3 is 9.47 Å². The lowest BCUT2D eigenvalue weighted by molar-refractivity contribution is -0.452. The van der Waals surface area contributed by atoms with Gasteiger partial charge in [-0.3, -0.25) is 4.89 Å². The quantitative estimate of drug-likeness (QED) is 0.330. The van der Waals surface area contributed by atoms with Crippen molar-refractivity contribution in [2.45, 2.75) is 46.5 Å². The van der Waals surface area contributed by atoms with Crippen LogP contribution in [0, 0.1) is 5.92 Å². The molecule has 0 aliphatic carbocycles. The second-order valence-corrected chi connectivity index (χ2v) is 5.43. The van der Waals surface area contributed by atoms with Crippen LogP contribution in [0.4, 0.5) is 4.79 Å². The number of hydrogen-bond acceptors (Lipinski definition) is 7. The van der Waals surface area contributed by atoms with Crippen molar-refractivity contribution >= 4 is 12.1 Å². The van der Waals surface area contributed by atoms with Crippen molar-refractivity contribution in [2.24, 2.45) is 5.92 Å². The van der Waals surface area contributed by atoms with Gasteiger partial charge in [-0.2, -0.15) is 0 Å². The molecule has 0 heterocycles. The van der Waals surface area contributed by atoms with Crippen LogP contribution in [0.5, 0.6) is 5.75 Å². The number of carbonyl (C=O) groups excluding carboxylic acids is 2. The van der Waals surface area contributed by atoms with Gasteiger partial charge in [0.1, 0.15) is 11.3 Å². The predicted octanol–water partition coefficient (Wildman–Crippen LogP) is 4.46. The van der Waals surface area contributed by atoms with Crippen molar-refractivity contribution in [1.82, 2.24) is 0 Å². The molecular weight excluding hydrogens is 328 g/mol. The Kier molecular flexibility index (Phi) is 10.1. The molecule has 1 rings (SSSR count). The van der Waals surface area contributed by atoms with Gasteiger partial charge in [-0.05, 0) is 31.4 Å². The monoisotopic (exact) mass is 354 g/mol. The summed E-state index contributed by atoms with van der Waals surface area (Å²) in [6.45, 7) is 6.56. The Morgan fingerprint density at radius 1 is 1.08 bits per heavy atom. The van der Waals surface area contributed by atoms with Crippen molar-refractivity contribution in [3.63, 3.8) is 0 Å². The van der Waals surface area contributed by atoms with E-state index in [1.54, 1.807) is 25.1 Å². The normalized spacial score (nSPS) is 11.5. The minimum absolute atomic E-state index is 0.159. The summed E-state index contributed by atoms with van der Waals surface area (Å²) in [5, 5.41) is 4.21. The number of rotatable bonds is 11. The minimum atomic E-state index is -1.05. The van der Waals surface area contributed by atoms with Crippen LogP contribution in [0.15, 0.2) is 24.3 Å². The third kappa shape index (κ3) is 7.89. The molecule has 0 radical (unpaired) electrons. The number of hydrogen-bond donors (Lipinski definition) is 0. The maximum Gasteiger partial charge on any atom is 0.543 e. The number of carbonyl (C=O) groups is 2. The fraction of sp³-hybridized carbons (Fsp3) is 0.556. The molecule has 0 aliphatic rings. The van der Waals surface area contributed by atoms with E-state index in [0.29, 0.717) is 12.4 Å². The van der Waals surface area contributed by atoms with Crippen molar-refractivity contribution in [3.05, 3.63) is 29.8 Å². The Hall–Kier alpha value is -2.28. The summed E-state index contributed by atoms with van der Waals surface area (Å²) in [6.07, 6.45) is 2.98.